The van der Waals surface area contributed by atoms with Crippen LogP contribution in [0.2, 0.25) is 0 Å². The topological polar surface area (TPSA) is 74.5 Å². The van der Waals surface area contributed by atoms with E-state index in [1.54, 1.807) is 0 Å². The third-order valence-corrected chi connectivity index (χ3v) is 5.21. The second-order valence-electron chi connectivity index (χ2n) is 6.77. The quantitative estimate of drug-likeness (QED) is 0.696. The van der Waals surface area contributed by atoms with Crippen LogP contribution in [0.5, 0.6) is 0 Å². The number of nitrogens with one attached hydrogen (secondary N) is 3. The Balaban J connectivity index is 1.67. The Morgan fingerprint density at radius 2 is 1.60 bits per heavy atom. The third kappa shape index (κ3) is 3.13. The number of hydrogen-bond donors (Lipinski definition) is 4. The van der Waals surface area contributed by atoms with Gasteiger partial charge in [-0.05, 0) is 49.2 Å². The first kappa shape index (κ1) is 16.1. The van der Waals surface area contributed by atoms with Crippen molar-refractivity contribution in [3.63, 3.8) is 0 Å². The lowest BCUT2D eigenvalue weighted by Crippen LogP contribution is -2.57. The summed E-state index contributed by atoms with van der Waals surface area (Å²) in [5.74, 6) is 1.04. The van der Waals surface area contributed by atoms with Crippen LogP contribution >= 0.6 is 0 Å². The summed E-state index contributed by atoms with van der Waals surface area (Å²) in [5.41, 5.74) is 10.4. The highest BCUT2D eigenvalue weighted by Gasteiger charge is 2.40. The van der Waals surface area contributed by atoms with Crippen LogP contribution in [0.3, 0.4) is 0 Å². The molecule has 2 aromatic rings. The standard InChI is InChI=1S/C20H25N5/c21-13-15-5-1-2-6-16(15)14-23-19-20(9-11-22-12-10-20)25-18-8-4-3-7-17(18)24-19/h1-8,22,25H,9-14,21H2,(H,23,24). The van der Waals surface area contributed by atoms with Crippen LogP contribution in [0.25, 0.3) is 0 Å². The fourth-order valence-corrected chi connectivity index (χ4v) is 3.75. The van der Waals surface area contributed by atoms with Gasteiger partial charge < -0.3 is 21.7 Å². The maximum absolute atomic E-state index is 5.87. The molecule has 0 unspecified atom stereocenters. The second kappa shape index (κ2) is 6.86. The van der Waals surface area contributed by atoms with Crippen molar-refractivity contribution in [3.8, 4) is 0 Å². The summed E-state index contributed by atoms with van der Waals surface area (Å²) in [4.78, 5) is 5.00. The van der Waals surface area contributed by atoms with Gasteiger partial charge in [-0.2, -0.15) is 0 Å². The molecule has 0 radical (unpaired) electrons. The van der Waals surface area contributed by atoms with Crippen LogP contribution in [0, 0.1) is 0 Å². The van der Waals surface area contributed by atoms with E-state index in [9.17, 15) is 0 Å². The van der Waals surface area contributed by atoms with E-state index in [4.69, 9.17) is 10.7 Å². The molecule has 130 valence electrons. The van der Waals surface area contributed by atoms with Gasteiger partial charge in [0.05, 0.1) is 23.5 Å². The van der Waals surface area contributed by atoms with Gasteiger partial charge in [-0.3, -0.25) is 4.99 Å². The van der Waals surface area contributed by atoms with Crippen LogP contribution in [-0.4, -0.2) is 24.5 Å². The maximum Gasteiger partial charge on any atom is 0.127 e. The van der Waals surface area contributed by atoms with Gasteiger partial charge in [0.25, 0.3) is 0 Å². The Labute approximate surface area is 148 Å². The van der Waals surface area contributed by atoms with Gasteiger partial charge in [-0.25, -0.2) is 0 Å². The van der Waals surface area contributed by atoms with Crippen molar-refractivity contribution < 1.29 is 0 Å². The molecule has 1 fully saturated rings. The van der Waals surface area contributed by atoms with Crippen LogP contribution in [0.4, 0.5) is 11.4 Å². The van der Waals surface area contributed by atoms with E-state index >= 15 is 0 Å². The average Bonchev–Trinajstić information content (AvgIpc) is 2.67. The van der Waals surface area contributed by atoms with E-state index in [0.717, 1.165) is 48.7 Å². The molecule has 5 nitrogen and oxygen atoms in total. The Hall–Kier alpha value is -2.37. The van der Waals surface area contributed by atoms with Gasteiger partial charge in [-0.15, -0.1) is 0 Å². The summed E-state index contributed by atoms with van der Waals surface area (Å²) < 4.78 is 0. The average molecular weight is 335 g/mol. The van der Waals surface area contributed by atoms with E-state index in [0.29, 0.717) is 13.1 Å². The van der Waals surface area contributed by atoms with Crippen molar-refractivity contribution >= 4 is 17.2 Å². The van der Waals surface area contributed by atoms with E-state index in [-0.39, 0.29) is 5.54 Å². The first-order valence-electron chi connectivity index (χ1n) is 8.97. The van der Waals surface area contributed by atoms with E-state index in [2.05, 4.69) is 58.4 Å². The molecular formula is C20H25N5. The van der Waals surface area contributed by atoms with Gasteiger partial charge in [0.2, 0.25) is 0 Å². The summed E-state index contributed by atoms with van der Waals surface area (Å²) in [6, 6.07) is 16.6. The minimum Gasteiger partial charge on any atom is -0.371 e. The zero-order chi connectivity index (χ0) is 17.1. The number of para-hydroxylation sites is 2. The molecule has 0 atom stereocenters. The van der Waals surface area contributed by atoms with Gasteiger partial charge in [0.1, 0.15) is 5.84 Å². The van der Waals surface area contributed by atoms with Crippen molar-refractivity contribution in [3.05, 3.63) is 59.7 Å². The lowest BCUT2D eigenvalue weighted by atomic mass is 9.84. The highest BCUT2D eigenvalue weighted by Crippen LogP contribution is 2.35. The largest absolute Gasteiger partial charge is 0.371 e. The number of nitrogens with zero attached hydrogens (tertiary/aromatic N) is 1. The Morgan fingerprint density at radius 3 is 2.36 bits per heavy atom. The Kier molecular flexibility index (Phi) is 4.42. The van der Waals surface area contributed by atoms with Crippen LogP contribution in [0.15, 0.2) is 53.5 Å². The molecule has 5 N–H and O–H groups in total. The molecule has 1 spiro atoms. The third-order valence-electron chi connectivity index (χ3n) is 5.21. The molecule has 2 aliphatic rings. The molecule has 25 heavy (non-hydrogen) atoms. The molecule has 0 aliphatic carbocycles. The fourth-order valence-electron chi connectivity index (χ4n) is 3.75. The van der Waals surface area contributed by atoms with Gasteiger partial charge >= 0.3 is 0 Å². The van der Waals surface area contributed by atoms with Crippen LogP contribution in [0.1, 0.15) is 24.0 Å². The zero-order valence-electron chi connectivity index (χ0n) is 14.4. The SMILES string of the molecule is NCc1ccccc1CN=C1Nc2ccccc2NC12CCNCC2. The highest BCUT2D eigenvalue weighted by atomic mass is 15.2. The summed E-state index contributed by atoms with van der Waals surface area (Å²) in [6.07, 6.45) is 2.04. The number of fused-ring (bicyclic) bond motifs is 1. The molecule has 2 aromatic carbocycles. The van der Waals surface area contributed by atoms with Gasteiger partial charge in [0.15, 0.2) is 0 Å². The predicted octanol–water partition coefficient (Wildman–Crippen LogP) is 2.70. The van der Waals surface area contributed by atoms with Crippen molar-refractivity contribution in [2.24, 2.45) is 10.7 Å². The summed E-state index contributed by atoms with van der Waals surface area (Å²) >= 11 is 0. The number of nitrogens with two attached hydrogens (primary N) is 1. The number of amidine groups is 1. The maximum atomic E-state index is 5.87. The molecule has 0 saturated carbocycles. The van der Waals surface area contributed by atoms with Crippen molar-refractivity contribution in [2.75, 3.05) is 23.7 Å². The van der Waals surface area contributed by atoms with Crippen LogP contribution < -0.4 is 21.7 Å². The molecule has 0 amide bonds. The smallest absolute Gasteiger partial charge is 0.127 e. The number of aliphatic imine (C=N–C) groups is 1. The number of hydrogen-bond acceptors (Lipinski definition) is 4. The van der Waals surface area contributed by atoms with Crippen molar-refractivity contribution in [1.82, 2.24) is 5.32 Å². The lowest BCUT2D eigenvalue weighted by molar-refractivity contribution is 0.419. The molecule has 0 bridgehead atoms. The Bertz CT molecular complexity index is 777. The first-order valence-corrected chi connectivity index (χ1v) is 8.97. The van der Waals surface area contributed by atoms with E-state index in [1.807, 2.05) is 6.07 Å². The molecule has 5 heteroatoms. The Morgan fingerprint density at radius 1 is 0.920 bits per heavy atom. The number of anilines is 2. The minimum absolute atomic E-state index is 0.114. The summed E-state index contributed by atoms with van der Waals surface area (Å²) in [7, 11) is 0. The van der Waals surface area contributed by atoms with E-state index in [1.165, 1.54) is 5.56 Å². The van der Waals surface area contributed by atoms with Crippen molar-refractivity contribution in [2.45, 2.75) is 31.5 Å². The monoisotopic (exact) mass is 335 g/mol. The summed E-state index contributed by atoms with van der Waals surface area (Å²) in [5, 5.41) is 10.8. The van der Waals surface area contributed by atoms with Crippen LogP contribution in [-0.2, 0) is 13.1 Å². The lowest BCUT2D eigenvalue weighted by Gasteiger charge is -2.44. The van der Waals surface area contributed by atoms with E-state index < -0.39 is 0 Å². The number of rotatable bonds is 3. The number of benzene rings is 2. The zero-order valence-corrected chi connectivity index (χ0v) is 14.4. The normalized spacial score (nSPS) is 20.0. The molecule has 0 aromatic heterocycles. The number of piperidine rings is 1. The molecule has 2 aliphatic heterocycles. The van der Waals surface area contributed by atoms with Crippen molar-refractivity contribution in [1.29, 1.82) is 0 Å². The minimum atomic E-state index is -0.114. The predicted molar refractivity (Wildman–Crippen MR) is 104 cm³/mol. The van der Waals surface area contributed by atoms with Gasteiger partial charge in [-0.1, -0.05) is 36.4 Å². The molecule has 2 heterocycles. The molecule has 1 saturated heterocycles. The van der Waals surface area contributed by atoms with Gasteiger partial charge in [0, 0.05) is 6.54 Å². The fraction of sp³-hybridized carbons (Fsp3) is 0.350. The molecule has 4 rings (SSSR count). The second-order valence-corrected chi connectivity index (χ2v) is 6.77. The summed E-state index contributed by atoms with van der Waals surface area (Å²) in [6.45, 7) is 3.18. The first-order chi connectivity index (χ1) is 12.3. The molecular weight excluding hydrogens is 310 g/mol. The highest BCUT2D eigenvalue weighted by molar-refractivity contribution is 6.09.